The molecule has 74 valence electrons. The van der Waals surface area contributed by atoms with Crippen LogP contribution in [0.25, 0.3) is 0 Å². The molecule has 1 amide bonds. The molecule has 1 aliphatic rings. The number of carbonyl (C=O) groups excluding carboxylic acids is 1. The Bertz CT molecular complexity index is 346. The van der Waals surface area contributed by atoms with Crippen molar-refractivity contribution in [2.45, 2.75) is 26.2 Å². The van der Waals surface area contributed by atoms with Gasteiger partial charge in [0.05, 0.1) is 0 Å². The molecule has 14 heavy (non-hydrogen) atoms. The van der Waals surface area contributed by atoms with E-state index in [2.05, 4.69) is 25.1 Å². The van der Waals surface area contributed by atoms with Crippen LogP contribution in [-0.4, -0.2) is 13.0 Å². The molecule has 1 aliphatic heterocycles. The summed E-state index contributed by atoms with van der Waals surface area (Å²) in [5, 5.41) is 0. The molecule has 0 spiro atoms. The van der Waals surface area contributed by atoms with Crippen LogP contribution in [0.2, 0.25) is 0 Å². The van der Waals surface area contributed by atoms with Crippen molar-refractivity contribution < 1.29 is 4.79 Å². The number of benzene rings is 1. The van der Waals surface area contributed by atoms with Gasteiger partial charge in [0.2, 0.25) is 6.41 Å². The number of para-hydroxylation sites is 1. The molecule has 0 unspecified atom stereocenters. The summed E-state index contributed by atoms with van der Waals surface area (Å²) in [4.78, 5) is 12.7. The summed E-state index contributed by atoms with van der Waals surface area (Å²) in [5.74, 6) is 0. The van der Waals surface area contributed by atoms with Crippen LogP contribution in [-0.2, 0) is 17.6 Å². The van der Waals surface area contributed by atoms with Crippen LogP contribution >= 0.6 is 0 Å². The third-order valence-electron chi connectivity index (χ3n) is 2.76. The molecule has 0 aliphatic carbocycles. The molecule has 2 rings (SSSR count). The van der Waals surface area contributed by atoms with Crippen LogP contribution in [0, 0.1) is 0 Å². The predicted molar refractivity (Wildman–Crippen MR) is 57.6 cm³/mol. The maximum absolute atomic E-state index is 10.9. The smallest absolute Gasteiger partial charge is 0.214 e. The van der Waals surface area contributed by atoms with E-state index < -0.39 is 0 Å². The Morgan fingerprint density at radius 1 is 1.50 bits per heavy atom. The molecule has 0 fully saturated rings. The maximum atomic E-state index is 10.9. The standard InChI is InChI=1S/C12H15NO/c1-2-4-10-5-3-6-11-7-8-13(9-14)12(10)11/h3,5-6,9H,2,4,7-8H2,1H3. The second kappa shape index (κ2) is 3.82. The van der Waals surface area contributed by atoms with Gasteiger partial charge in [0.25, 0.3) is 0 Å². The quantitative estimate of drug-likeness (QED) is 0.667. The zero-order chi connectivity index (χ0) is 9.97. The Kier molecular flexibility index (Phi) is 2.53. The molecule has 0 radical (unpaired) electrons. The van der Waals surface area contributed by atoms with E-state index in [4.69, 9.17) is 0 Å². The van der Waals surface area contributed by atoms with Gasteiger partial charge in [0.1, 0.15) is 0 Å². The van der Waals surface area contributed by atoms with E-state index in [0.29, 0.717) is 0 Å². The molecule has 1 aromatic carbocycles. The number of nitrogens with zero attached hydrogens (tertiary/aromatic N) is 1. The van der Waals surface area contributed by atoms with Crippen LogP contribution in [0.3, 0.4) is 0 Å². The number of rotatable bonds is 3. The number of anilines is 1. The minimum absolute atomic E-state index is 0.847. The van der Waals surface area contributed by atoms with Crippen LogP contribution < -0.4 is 4.90 Å². The predicted octanol–water partition coefficient (Wildman–Crippen LogP) is 2.16. The Labute approximate surface area is 84.5 Å². The molecule has 0 saturated heterocycles. The highest BCUT2D eigenvalue weighted by molar-refractivity contribution is 5.81. The molecule has 2 nitrogen and oxygen atoms in total. The van der Waals surface area contributed by atoms with E-state index in [9.17, 15) is 4.79 Å². The van der Waals surface area contributed by atoms with Crippen LogP contribution in [0.15, 0.2) is 18.2 Å². The molecule has 2 heteroatoms. The van der Waals surface area contributed by atoms with Crippen LogP contribution in [0.4, 0.5) is 5.69 Å². The summed E-state index contributed by atoms with van der Waals surface area (Å²) in [5.41, 5.74) is 3.81. The number of aryl methyl sites for hydroxylation is 1. The number of amides is 1. The molecule has 0 bridgehead atoms. The highest BCUT2D eigenvalue weighted by atomic mass is 16.1. The van der Waals surface area contributed by atoms with E-state index in [1.165, 1.54) is 16.8 Å². The Balaban J connectivity index is 2.42. The fourth-order valence-corrected chi connectivity index (χ4v) is 2.14. The fourth-order valence-electron chi connectivity index (χ4n) is 2.14. The first-order chi connectivity index (χ1) is 6.86. The van der Waals surface area contributed by atoms with Gasteiger partial charge in [0, 0.05) is 12.2 Å². The average Bonchev–Trinajstić information content (AvgIpc) is 2.62. The summed E-state index contributed by atoms with van der Waals surface area (Å²) < 4.78 is 0. The van der Waals surface area contributed by atoms with Crippen molar-refractivity contribution in [3.63, 3.8) is 0 Å². The highest BCUT2D eigenvalue weighted by Gasteiger charge is 2.20. The van der Waals surface area contributed by atoms with Gasteiger partial charge in [-0.3, -0.25) is 4.79 Å². The van der Waals surface area contributed by atoms with Crippen molar-refractivity contribution in [2.24, 2.45) is 0 Å². The van der Waals surface area contributed by atoms with Crippen molar-refractivity contribution >= 4 is 12.1 Å². The Hall–Kier alpha value is -1.31. The summed E-state index contributed by atoms with van der Waals surface area (Å²) >= 11 is 0. The molecule has 0 N–H and O–H groups in total. The number of carbonyl (C=O) groups is 1. The van der Waals surface area contributed by atoms with Crippen LogP contribution in [0.5, 0.6) is 0 Å². The zero-order valence-corrected chi connectivity index (χ0v) is 8.49. The lowest BCUT2D eigenvalue weighted by Gasteiger charge is -2.14. The van der Waals surface area contributed by atoms with Crippen molar-refractivity contribution in [3.8, 4) is 0 Å². The molecule has 0 saturated carbocycles. The average molecular weight is 189 g/mol. The second-order valence-corrected chi connectivity index (χ2v) is 3.72. The lowest BCUT2D eigenvalue weighted by molar-refractivity contribution is -0.107. The molecule has 0 aromatic heterocycles. The Morgan fingerprint density at radius 2 is 2.36 bits per heavy atom. The SMILES string of the molecule is CCCc1cccc2c1N(C=O)CC2. The molecule has 1 heterocycles. The van der Waals surface area contributed by atoms with E-state index in [1.54, 1.807) is 0 Å². The van der Waals surface area contributed by atoms with Crippen molar-refractivity contribution in [3.05, 3.63) is 29.3 Å². The van der Waals surface area contributed by atoms with Gasteiger partial charge in [0.15, 0.2) is 0 Å². The molecular weight excluding hydrogens is 174 g/mol. The lowest BCUT2D eigenvalue weighted by Crippen LogP contribution is -2.18. The minimum Gasteiger partial charge on any atom is -0.314 e. The van der Waals surface area contributed by atoms with Crippen molar-refractivity contribution in [2.75, 3.05) is 11.4 Å². The van der Waals surface area contributed by atoms with Gasteiger partial charge < -0.3 is 4.90 Å². The van der Waals surface area contributed by atoms with Crippen LogP contribution in [0.1, 0.15) is 24.5 Å². The zero-order valence-electron chi connectivity index (χ0n) is 8.49. The highest BCUT2D eigenvalue weighted by Crippen LogP contribution is 2.31. The number of hydrogen-bond donors (Lipinski definition) is 0. The summed E-state index contributed by atoms with van der Waals surface area (Å²) in [7, 11) is 0. The van der Waals surface area contributed by atoms with E-state index >= 15 is 0 Å². The minimum atomic E-state index is 0.847. The summed E-state index contributed by atoms with van der Waals surface area (Å²) in [6.07, 6.45) is 4.15. The normalized spacial score (nSPS) is 14.2. The van der Waals surface area contributed by atoms with E-state index in [1.807, 2.05) is 4.90 Å². The third kappa shape index (κ3) is 1.41. The second-order valence-electron chi connectivity index (χ2n) is 3.72. The first-order valence-corrected chi connectivity index (χ1v) is 5.19. The molecule has 0 atom stereocenters. The van der Waals surface area contributed by atoms with Gasteiger partial charge in [-0.2, -0.15) is 0 Å². The van der Waals surface area contributed by atoms with E-state index in [0.717, 1.165) is 32.2 Å². The fraction of sp³-hybridized carbons (Fsp3) is 0.417. The van der Waals surface area contributed by atoms with Crippen molar-refractivity contribution in [1.29, 1.82) is 0 Å². The van der Waals surface area contributed by atoms with E-state index in [-0.39, 0.29) is 0 Å². The number of fused-ring (bicyclic) bond motifs is 1. The maximum Gasteiger partial charge on any atom is 0.214 e. The summed E-state index contributed by atoms with van der Waals surface area (Å²) in [6.45, 7) is 3.01. The topological polar surface area (TPSA) is 20.3 Å². The molecular formula is C12H15NO. The van der Waals surface area contributed by atoms with Gasteiger partial charge in [-0.25, -0.2) is 0 Å². The van der Waals surface area contributed by atoms with Gasteiger partial charge >= 0.3 is 0 Å². The lowest BCUT2D eigenvalue weighted by atomic mass is 10.0. The molecule has 1 aromatic rings. The van der Waals surface area contributed by atoms with Gasteiger partial charge in [-0.15, -0.1) is 0 Å². The monoisotopic (exact) mass is 189 g/mol. The van der Waals surface area contributed by atoms with Crippen molar-refractivity contribution in [1.82, 2.24) is 0 Å². The van der Waals surface area contributed by atoms with Gasteiger partial charge in [-0.05, 0) is 24.0 Å². The first-order valence-electron chi connectivity index (χ1n) is 5.19. The Morgan fingerprint density at radius 3 is 3.07 bits per heavy atom. The third-order valence-corrected chi connectivity index (χ3v) is 2.76. The summed E-state index contributed by atoms with van der Waals surface area (Å²) in [6, 6.07) is 6.35. The van der Waals surface area contributed by atoms with Gasteiger partial charge in [-0.1, -0.05) is 31.5 Å². The first kappa shape index (κ1) is 9.25. The number of hydrogen-bond acceptors (Lipinski definition) is 1. The largest absolute Gasteiger partial charge is 0.314 e.